The first-order valence-electron chi connectivity index (χ1n) is 7.31. The normalized spacial score (nSPS) is 18.9. The minimum atomic E-state index is 0.189. The highest BCUT2D eigenvalue weighted by Gasteiger charge is 2.21. The zero-order chi connectivity index (χ0) is 13.9. The van der Waals surface area contributed by atoms with Gasteiger partial charge in [0, 0.05) is 31.2 Å². The molecule has 0 N–H and O–H groups in total. The van der Waals surface area contributed by atoms with Gasteiger partial charge in [0.05, 0.1) is 13.2 Å². The molecule has 0 saturated carbocycles. The minimum Gasteiger partial charge on any atom is -0.493 e. The number of carbonyl (C=O) groups is 1. The van der Waals surface area contributed by atoms with Crippen molar-refractivity contribution in [3.8, 4) is 5.75 Å². The number of benzene rings is 1. The van der Waals surface area contributed by atoms with Crippen LogP contribution < -0.4 is 4.74 Å². The molecule has 4 nitrogen and oxygen atoms in total. The Morgan fingerprint density at radius 3 is 2.90 bits per heavy atom. The number of rotatable bonds is 4. The summed E-state index contributed by atoms with van der Waals surface area (Å²) in [5.74, 6) is 1.12. The monoisotopic (exact) mass is 275 g/mol. The first kappa shape index (κ1) is 13.6. The number of fused-ring (bicyclic) bond motifs is 1. The van der Waals surface area contributed by atoms with Crippen molar-refractivity contribution in [1.82, 2.24) is 4.90 Å². The van der Waals surface area contributed by atoms with Crippen molar-refractivity contribution in [3.63, 3.8) is 0 Å². The standard InChI is InChI=1S/C16H21NO3/c1-17(14-5-7-19-8-6-14)11-15(18)12-2-3-16-13(10-12)4-9-20-16/h2-3,10,14H,4-9,11H2,1H3. The Labute approximate surface area is 119 Å². The van der Waals surface area contributed by atoms with Gasteiger partial charge >= 0.3 is 0 Å². The van der Waals surface area contributed by atoms with Crippen molar-refractivity contribution >= 4 is 5.78 Å². The molecule has 0 amide bonds. The van der Waals surface area contributed by atoms with Gasteiger partial charge in [-0.3, -0.25) is 9.69 Å². The smallest absolute Gasteiger partial charge is 0.176 e. The second-order valence-electron chi connectivity index (χ2n) is 5.60. The van der Waals surface area contributed by atoms with Gasteiger partial charge in [0.25, 0.3) is 0 Å². The van der Waals surface area contributed by atoms with Gasteiger partial charge in [-0.25, -0.2) is 0 Å². The van der Waals surface area contributed by atoms with Gasteiger partial charge in [-0.2, -0.15) is 0 Å². The molecule has 0 aliphatic carbocycles. The van der Waals surface area contributed by atoms with Crippen molar-refractivity contribution in [2.45, 2.75) is 25.3 Å². The van der Waals surface area contributed by atoms with Crippen LogP contribution in [-0.2, 0) is 11.2 Å². The summed E-state index contributed by atoms with van der Waals surface area (Å²) in [5, 5.41) is 0. The molecule has 0 aromatic heterocycles. The minimum absolute atomic E-state index is 0.189. The number of ether oxygens (including phenoxy) is 2. The van der Waals surface area contributed by atoms with E-state index in [1.807, 2.05) is 25.2 Å². The third-order valence-electron chi connectivity index (χ3n) is 4.22. The van der Waals surface area contributed by atoms with Crippen LogP contribution in [0.4, 0.5) is 0 Å². The molecule has 2 aliphatic heterocycles. The fraction of sp³-hybridized carbons (Fsp3) is 0.562. The summed E-state index contributed by atoms with van der Waals surface area (Å²) in [5.41, 5.74) is 1.96. The molecule has 0 unspecified atom stereocenters. The van der Waals surface area contributed by atoms with Crippen LogP contribution in [-0.4, -0.2) is 50.1 Å². The molecule has 2 heterocycles. The number of hydrogen-bond acceptors (Lipinski definition) is 4. The van der Waals surface area contributed by atoms with E-state index in [0.29, 0.717) is 12.6 Å². The van der Waals surface area contributed by atoms with E-state index in [2.05, 4.69) is 4.90 Å². The van der Waals surface area contributed by atoms with E-state index in [1.165, 1.54) is 0 Å². The quantitative estimate of drug-likeness (QED) is 0.787. The van der Waals surface area contributed by atoms with E-state index in [1.54, 1.807) is 0 Å². The van der Waals surface area contributed by atoms with Crippen LogP contribution in [0.3, 0.4) is 0 Å². The molecule has 2 aliphatic rings. The molecular weight excluding hydrogens is 254 g/mol. The average Bonchev–Trinajstić information content (AvgIpc) is 2.95. The van der Waals surface area contributed by atoms with Crippen LogP contribution >= 0.6 is 0 Å². The van der Waals surface area contributed by atoms with Crippen LogP contribution in [0, 0.1) is 0 Å². The van der Waals surface area contributed by atoms with E-state index in [4.69, 9.17) is 9.47 Å². The lowest BCUT2D eigenvalue weighted by Gasteiger charge is -2.30. The highest BCUT2D eigenvalue weighted by Crippen LogP contribution is 2.26. The molecule has 1 aromatic carbocycles. The number of hydrogen-bond donors (Lipinski definition) is 0. The Morgan fingerprint density at radius 2 is 2.10 bits per heavy atom. The van der Waals surface area contributed by atoms with Gasteiger partial charge in [0.2, 0.25) is 0 Å². The molecular formula is C16H21NO3. The largest absolute Gasteiger partial charge is 0.493 e. The van der Waals surface area contributed by atoms with Crippen molar-refractivity contribution in [1.29, 1.82) is 0 Å². The molecule has 3 rings (SSSR count). The predicted molar refractivity (Wildman–Crippen MR) is 76.4 cm³/mol. The lowest BCUT2D eigenvalue weighted by Crippen LogP contribution is -2.39. The van der Waals surface area contributed by atoms with Crippen molar-refractivity contribution < 1.29 is 14.3 Å². The number of nitrogens with zero attached hydrogens (tertiary/aromatic N) is 1. The molecule has 4 heteroatoms. The van der Waals surface area contributed by atoms with E-state index in [0.717, 1.165) is 56.0 Å². The summed E-state index contributed by atoms with van der Waals surface area (Å²) in [7, 11) is 2.03. The van der Waals surface area contributed by atoms with Crippen LogP contribution in [0.1, 0.15) is 28.8 Å². The summed E-state index contributed by atoms with van der Waals surface area (Å²) in [6.45, 7) is 2.82. The van der Waals surface area contributed by atoms with Gasteiger partial charge in [-0.15, -0.1) is 0 Å². The molecule has 0 atom stereocenters. The maximum atomic E-state index is 12.4. The van der Waals surface area contributed by atoms with Crippen LogP contribution in [0.25, 0.3) is 0 Å². The Hall–Kier alpha value is -1.39. The molecule has 108 valence electrons. The van der Waals surface area contributed by atoms with E-state index in [-0.39, 0.29) is 5.78 Å². The fourth-order valence-corrected chi connectivity index (χ4v) is 2.93. The molecule has 20 heavy (non-hydrogen) atoms. The van der Waals surface area contributed by atoms with Gasteiger partial charge in [-0.1, -0.05) is 0 Å². The summed E-state index contributed by atoms with van der Waals surface area (Å²) in [4.78, 5) is 14.5. The van der Waals surface area contributed by atoms with Crippen LogP contribution in [0.2, 0.25) is 0 Å². The highest BCUT2D eigenvalue weighted by atomic mass is 16.5. The Bertz CT molecular complexity index is 494. The molecule has 0 radical (unpaired) electrons. The Balaban J connectivity index is 1.63. The number of carbonyl (C=O) groups excluding carboxylic acids is 1. The zero-order valence-corrected chi connectivity index (χ0v) is 11.9. The summed E-state index contributed by atoms with van der Waals surface area (Å²) in [6.07, 6.45) is 2.94. The fourth-order valence-electron chi connectivity index (χ4n) is 2.93. The molecule has 1 aromatic rings. The number of ketones is 1. The lowest BCUT2D eigenvalue weighted by molar-refractivity contribution is 0.0418. The molecule has 1 saturated heterocycles. The van der Waals surface area contributed by atoms with Crippen LogP contribution in [0.15, 0.2) is 18.2 Å². The van der Waals surface area contributed by atoms with Gasteiger partial charge in [0.1, 0.15) is 5.75 Å². The highest BCUT2D eigenvalue weighted by molar-refractivity contribution is 5.98. The second kappa shape index (κ2) is 5.94. The Kier molecular flexibility index (Phi) is 4.03. The first-order chi connectivity index (χ1) is 9.74. The maximum Gasteiger partial charge on any atom is 0.176 e. The topological polar surface area (TPSA) is 38.8 Å². The number of Topliss-reactive ketones (excluding diaryl/α,β-unsaturated/α-hetero) is 1. The second-order valence-corrected chi connectivity index (χ2v) is 5.60. The van der Waals surface area contributed by atoms with E-state index in [9.17, 15) is 4.79 Å². The zero-order valence-electron chi connectivity index (χ0n) is 11.9. The van der Waals surface area contributed by atoms with Gasteiger partial charge in [0.15, 0.2) is 5.78 Å². The third-order valence-corrected chi connectivity index (χ3v) is 4.22. The first-order valence-corrected chi connectivity index (χ1v) is 7.31. The average molecular weight is 275 g/mol. The van der Waals surface area contributed by atoms with E-state index >= 15 is 0 Å². The van der Waals surface area contributed by atoms with Gasteiger partial charge < -0.3 is 9.47 Å². The summed E-state index contributed by atoms with van der Waals surface area (Å²) >= 11 is 0. The summed E-state index contributed by atoms with van der Waals surface area (Å²) in [6, 6.07) is 6.25. The van der Waals surface area contributed by atoms with Gasteiger partial charge in [-0.05, 0) is 43.7 Å². The molecule has 0 spiro atoms. The lowest BCUT2D eigenvalue weighted by atomic mass is 10.0. The molecule has 0 bridgehead atoms. The van der Waals surface area contributed by atoms with Crippen molar-refractivity contribution in [2.24, 2.45) is 0 Å². The maximum absolute atomic E-state index is 12.4. The Morgan fingerprint density at radius 1 is 1.30 bits per heavy atom. The summed E-state index contributed by atoms with van der Waals surface area (Å²) < 4.78 is 10.8. The SMILES string of the molecule is CN(CC(=O)c1ccc2c(c1)CCO2)C1CCOCC1. The third kappa shape index (κ3) is 2.86. The number of likely N-dealkylation sites (N-methyl/N-ethyl adjacent to an activating group) is 1. The predicted octanol–water partition coefficient (Wildman–Crippen LogP) is 1.92. The van der Waals surface area contributed by atoms with Crippen LogP contribution in [0.5, 0.6) is 5.75 Å². The van der Waals surface area contributed by atoms with E-state index < -0.39 is 0 Å². The molecule has 1 fully saturated rings. The van der Waals surface area contributed by atoms with Crippen molar-refractivity contribution in [2.75, 3.05) is 33.4 Å². The van der Waals surface area contributed by atoms with Crippen molar-refractivity contribution in [3.05, 3.63) is 29.3 Å².